The second-order valence-electron chi connectivity index (χ2n) is 9.31. The molecule has 4 heterocycles. The molecule has 1 aromatic heterocycles. The van der Waals surface area contributed by atoms with Gasteiger partial charge in [-0.2, -0.15) is 0 Å². The van der Waals surface area contributed by atoms with Crippen molar-refractivity contribution < 1.29 is 14.6 Å². The van der Waals surface area contributed by atoms with E-state index in [0.717, 1.165) is 49.1 Å². The van der Waals surface area contributed by atoms with Gasteiger partial charge in [0.1, 0.15) is 18.2 Å². The second kappa shape index (κ2) is 9.38. The number of piperidine rings is 1. The van der Waals surface area contributed by atoms with E-state index in [4.69, 9.17) is 10.1 Å². The largest absolute Gasteiger partial charge is 0.490 e. The summed E-state index contributed by atoms with van der Waals surface area (Å²) >= 11 is 0. The van der Waals surface area contributed by atoms with Crippen molar-refractivity contribution in [2.24, 2.45) is 4.99 Å². The molecule has 1 atom stereocenters. The Balaban J connectivity index is 1.44. The highest BCUT2D eigenvalue weighted by Gasteiger charge is 2.31. The van der Waals surface area contributed by atoms with Gasteiger partial charge in [0.25, 0.3) is 5.91 Å². The molecule has 0 radical (unpaired) electrons. The number of aliphatic imine (C=N–C) groups is 1. The van der Waals surface area contributed by atoms with Crippen LogP contribution in [-0.4, -0.2) is 58.3 Å². The molecule has 1 aromatic carbocycles. The van der Waals surface area contributed by atoms with E-state index in [-0.39, 0.29) is 12.2 Å². The van der Waals surface area contributed by atoms with Crippen LogP contribution in [0.25, 0.3) is 0 Å². The van der Waals surface area contributed by atoms with Crippen LogP contribution in [0.3, 0.4) is 0 Å². The fraction of sp³-hybridized carbons (Fsp3) is 0.360. The fourth-order valence-electron chi connectivity index (χ4n) is 4.74. The number of allylic oxidation sites excluding steroid dienone is 1. The number of nitrogens with zero attached hydrogens (tertiary/aromatic N) is 4. The van der Waals surface area contributed by atoms with Crippen molar-refractivity contribution in [3.8, 4) is 5.75 Å². The summed E-state index contributed by atoms with van der Waals surface area (Å²) in [5, 5.41) is 24.2. The van der Waals surface area contributed by atoms with Gasteiger partial charge in [-0.25, -0.2) is 9.98 Å². The molecule has 0 aliphatic carbocycles. The quantitative estimate of drug-likeness (QED) is 0.388. The maximum absolute atomic E-state index is 13.2. The van der Waals surface area contributed by atoms with E-state index in [0.29, 0.717) is 24.0 Å². The van der Waals surface area contributed by atoms with Crippen LogP contribution in [0.2, 0.25) is 0 Å². The highest BCUT2D eigenvalue weighted by molar-refractivity contribution is 6.18. The first kappa shape index (κ1) is 22.9. The molecule has 0 saturated carbocycles. The van der Waals surface area contributed by atoms with E-state index >= 15 is 0 Å². The Morgan fingerprint density at radius 2 is 2.20 bits per heavy atom. The maximum atomic E-state index is 13.2. The number of nitrogens with one attached hydrogen (secondary N) is 3. The number of benzene rings is 1. The van der Waals surface area contributed by atoms with Crippen LogP contribution in [0.15, 0.2) is 59.5 Å². The predicted molar refractivity (Wildman–Crippen MR) is 134 cm³/mol. The lowest BCUT2D eigenvalue weighted by atomic mass is 9.93. The molecule has 5 rings (SSSR count). The topological polar surface area (TPSA) is 128 Å². The van der Waals surface area contributed by atoms with Gasteiger partial charge in [0.05, 0.1) is 28.9 Å². The third-order valence-corrected chi connectivity index (χ3v) is 6.54. The van der Waals surface area contributed by atoms with Gasteiger partial charge < -0.3 is 35.4 Å². The lowest BCUT2D eigenvalue weighted by molar-refractivity contribution is -0.112. The highest BCUT2D eigenvalue weighted by Crippen LogP contribution is 2.40. The predicted octanol–water partition coefficient (Wildman–Crippen LogP) is 2.40. The van der Waals surface area contributed by atoms with Crippen molar-refractivity contribution in [1.29, 1.82) is 5.41 Å². The molecule has 35 heavy (non-hydrogen) atoms. The Kier molecular flexibility index (Phi) is 6.12. The number of carbonyl (C=O) groups is 1. The van der Waals surface area contributed by atoms with Crippen molar-refractivity contribution in [2.45, 2.75) is 37.8 Å². The van der Waals surface area contributed by atoms with Gasteiger partial charge in [-0.05, 0) is 37.5 Å². The van der Waals surface area contributed by atoms with Crippen LogP contribution < -0.4 is 20.3 Å². The molecule has 3 aliphatic rings. The average Bonchev–Trinajstić information content (AvgIpc) is 3.40. The molecule has 2 aromatic rings. The summed E-state index contributed by atoms with van der Waals surface area (Å²) in [4.78, 5) is 23.8. The minimum Gasteiger partial charge on any atom is -0.490 e. The van der Waals surface area contributed by atoms with E-state index in [2.05, 4.69) is 30.1 Å². The fourth-order valence-corrected chi connectivity index (χ4v) is 4.74. The third-order valence-electron chi connectivity index (χ3n) is 6.54. The monoisotopic (exact) mass is 475 g/mol. The van der Waals surface area contributed by atoms with Crippen LogP contribution in [0, 0.1) is 5.41 Å². The number of amides is 1. The van der Waals surface area contributed by atoms with E-state index < -0.39 is 11.5 Å². The minimum atomic E-state index is -0.978. The SMILES string of the molecule is C[C@]1(O)COc2cc(N3CCC(n4ccnc4)CC3)c(NC(=O)/C(C=N)=C3\N=CC=CN3)cc2C1. The van der Waals surface area contributed by atoms with Crippen molar-refractivity contribution >= 4 is 29.7 Å². The molecule has 0 unspecified atom stereocenters. The second-order valence-corrected chi connectivity index (χ2v) is 9.31. The molecule has 10 heteroatoms. The summed E-state index contributed by atoms with van der Waals surface area (Å²) in [5.74, 6) is 0.593. The summed E-state index contributed by atoms with van der Waals surface area (Å²) < 4.78 is 8.04. The molecule has 0 bridgehead atoms. The zero-order valence-corrected chi connectivity index (χ0v) is 19.6. The van der Waals surface area contributed by atoms with Crippen LogP contribution in [-0.2, 0) is 11.2 Å². The summed E-state index contributed by atoms with van der Waals surface area (Å²) in [7, 11) is 0. The van der Waals surface area contributed by atoms with Gasteiger partial charge in [-0.15, -0.1) is 0 Å². The Hall–Kier alpha value is -3.92. The van der Waals surface area contributed by atoms with E-state index in [9.17, 15) is 9.90 Å². The highest BCUT2D eigenvalue weighted by atomic mass is 16.5. The average molecular weight is 476 g/mol. The van der Waals surface area contributed by atoms with Crippen LogP contribution >= 0.6 is 0 Å². The molecular weight excluding hydrogens is 446 g/mol. The van der Waals surface area contributed by atoms with Gasteiger partial charge in [0.2, 0.25) is 0 Å². The van der Waals surface area contributed by atoms with Gasteiger partial charge in [0.15, 0.2) is 0 Å². The van der Waals surface area contributed by atoms with Gasteiger partial charge in [-0.1, -0.05) is 0 Å². The maximum Gasteiger partial charge on any atom is 0.261 e. The zero-order valence-electron chi connectivity index (χ0n) is 19.6. The number of hydrogen-bond donors (Lipinski definition) is 4. The first-order chi connectivity index (χ1) is 16.9. The number of imidazole rings is 1. The molecule has 3 aliphatic heterocycles. The van der Waals surface area contributed by atoms with Crippen molar-refractivity contribution in [1.82, 2.24) is 14.9 Å². The minimum absolute atomic E-state index is 0.122. The number of carbonyl (C=O) groups excluding carboxylic acids is 1. The van der Waals surface area contributed by atoms with Crippen molar-refractivity contribution in [3.63, 3.8) is 0 Å². The third kappa shape index (κ3) is 4.83. The molecule has 182 valence electrons. The summed E-state index contributed by atoms with van der Waals surface area (Å²) in [6.07, 6.45) is 13.9. The summed E-state index contributed by atoms with van der Waals surface area (Å²) in [5.41, 5.74) is 1.45. The Morgan fingerprint density at radius 1 is 1.37 bits per heavy atom. The summed E-state index contributed by atoms with van der Waals surface area (Å²) in [6.45, 7) is 3.56. The molecule has 1 amide bonds. The Bertz CT molecular complexity index is 1210. The van der Waals surface area contributed by atoms with Crippen LogP contribution in [0.4, 0.5) is 11.4 Å². The van der Waals surface area contributed by atoms with E-state index in [1.807, 2.05) is 24.7 Å². The van der Waals surface area contributed by atoms with Gasteiger partial charge in [0, 0.05) is 62.6 Å². The Labute approximate surface area is 203 Å². The van der Waals surface area contributed by atoms with Gasteiger partial charge in [-0.3, -0.25) is 4.79 Å². The molecule has 0 spiro atoms. The number of ether oxygens (including phenoxy) is 1. The Morgan fingerprint density at radius 3 is 2.89 bits per heavy atom. The number of rotatable bonds is 5. The number of anilines is 2. The van der Waals surface area contributed by atoms with E-state index in [1.54, 1.807) is 31.6 Å². The van der Waals surface area contributed by atoms with Gasteiger partial charge >= 0.3 is 0 Å². The number of hydrogen-bond acceptors (Lipinski definition) is 8. The lowest BCUT2D eigenvalue weighted by Gasteiger charge is -2.37. The van der Waals surface area contributed by atoms with Crippen molar-refractivity contribution in [2.75, 3.05) is 29.9 Å². The first-order valence-electron chi connectivity index (χ1n) is 11.7. The van der Waals surface area contributed by atoms with Crippen LogP contribution in [0.1, 0.15) is 31.4 Å². The lowest BCUT2D eigenvalue weighted by Crippen LogP contribution is -2.39. The number of aliphatic hydroxyl groups is 1. The standard InChI is InChI=1S/C25H29N7O3/c1-25(34)13-17-11-20(30-24(33)19(14-26)23-28-5-2-6-29-23)21(12-22(17)35-15-25)31-8-3-18(4-9-31)32-10-7-27-16-32/h2,5-7,10-12,14,16,18,26,28,34H,3-4,8-9,13,15H2,1H3,(H,30,33)/b23-19-,26-14?/t25-/m1/s1. The van der Waals surface area contributed by atoms with E-state index in [1.165, 1.54) is 0 Å². The van der Waals surface area contributed by atoms with Crippen molar-refractivity contribution in [3.05, 3.63) is 60.1 Å². The normalized spacial score (nSPS) is 23.2. The summed E-state index contributed by atoms with van der Waals surface area (Å²) in [6, 6.07) is 4.21. The van der Waals surface area contributed by atoms with Crippen LogP contribution in [0.5, 0.6) is 5.75 Å². The molecule has 4 N–H and O–H groups in total. The number of fused-ring (bicyclic) bond motifs is 1. The number of aromatic nitrogens is 2. The molecular formula is C25H29N7O3. The zero-order chi connectivity index (χ0) is 24.4. The first-order valence-corrected chi connectivity index (χ1v) is 11.7. The smallest absolute Gasteiger partial charge is 0.261 e. The molecule has 1 fully saturated rings. The molecule has 1 saturated heterocycles. The molecule has 10 nitrogen and oxygen atoms in total.